The van der Waals surface area contributed by atoms with E-state index in [0.717, 1.165) is 11.9 Å². The highest BCUT2D eigenvalue weighted by atomic mass is 19.1. The molecule has 0 radical (unpaired) electrons. The standard InChI is InChI=1S/C27H24F3N7O/c1-15-20(28)6-5-18-26(24-19-14-34(3)32-25(19)22(30)12-21(24)29)33-37(27(15)18)17-4-7-23(31-13-17)36-10-8-35(9-11-36)16(2)38/h4-7,12-14H,8-11H2,1-3H3. The van der Waals surface area contributed by atoms with Crippen molar-refractivity contribution in [2.45, 2.75) is 13.8 Å². The minimum Gasteiger partial charge on any atom is -0.353 e. The average molecular weight is 520 g/mol. The molecule has 0 aliphatic carbocycles. The molecule has 3 aromatic heterocycles. The van der Waals surface area contributed by atoms with Crippen LogP contribution < -0.4 is 4.90 Å². The summed E-state index contributed by atoms with van der Waals surface area (Å²) in [4.78, 5) is 20.1. The summed E-state index contributed by atoms with van der Waals surface area (Å²) in [5, 5.41) is 9.63. The summed E-state index contributed by atoms with van der Waals surface area (Å²) >= 11 is 0. The van der Waals surface area contributed by atoms with E-state index >= 15 is 4.39 Å². The van der Waals surface area contributed by atoms with Crippen LogP contribution in [0.5, 0.6) is 0 Å². The molecular formula is C27H24F3N7O. The SMILES string of the molecule is CC(=O)N1CCN(c2ccc(-n3nc(-c4c(F)cc(F)c5nn(C)cc45)c4ccc(F)c(C)c43)cn2)CC1. The molecule has 1 amide bonds. The predicted octanol–water partition coefficient (Wildman–Crippen LogP) is 4.37. The Morgan fingerprint density at radius 2 is 1.68 bits per heavy atom. The summed E-state index contributed by atoms with van der Waals surface area (Å²) < 4.78 is 47.4. The third-order valence-electron chi connectivity index (χ3n) is 7.11. The van der Waals surface area contributed by atoms with Gasteiger partial charge in [0.05, 0.1) is 17.4 Å². The number of pyridine rings is 1. The Morgan fingerprint density at radius 1 is 0.921 bits per heavy atom. The normalized spacial score (nSPS) is 14.2. The molecule has 0 spiro atoms. The molecule has 1 aliphatic heterocycles. The molecule has 0 N–H and O–H groups in total. The first-order valence-corrected chi connectivity index (χ1v) is 12.2. The van der Waals surface area contributed by atoms with Gasteiger partial charge in [-0.3, -0.25) is 9.48 Å². The monoisotopic (exact) mass is 519 g/mol. The molecule has 1 fully saturated rings. The molecule has 1 saturated heterocycles. The van der Waals surface area contributed by atoms with Gasteiger partial charge in [-0.2, -0.15) is 10.2 Å². The third-order valence-corrected chi connectivity index (χ3v) is 7.11. The molecule has 194 valence electrons. The second-order valence-electron chi connectivity index (χ2n) is 9.48. The number of aromatic nitrogens is 5. The first kappa shape index (κ1) is 24.0. The number of amides is 1. The Labute approximate surface area is 215 Å². The van der Waals surface area contributed by atoms with Crippen molar-refractivity contribution in [1.82, 2.24) is 29.4 Å². The Hall–Kier alpha value is -4.41. The lowest BCUT2D eigenvalue weighted by atomic mass is 10.0. The van der Waals surface area contributed by atoms with Crippen LogP contribution in [0.15, 0.2) is 42.7 Å². The zero-order chi connectivity index (χ0) is 26.7. The van der Waals surface area contributed by atoms with Gasteiger partial charge >= 0.3 is 0 Å². The summed E-state index contributed by atoms with van der Waals surface area (Å²) in [6.45, 7) is 5.77. The minimum absolute atomic E-state index is 0.0290. The van der Waals surface area contributed by atoms with Crippen LogP contribution in [0.3, 0.4) is 0 Å². The van der Waals surface area contributed by atoms with Crippen molar-refractivity contribution >= 4 is 33.5 Å². The second-order valence-corrected chi connectivity index (χ2v) is 9.48. The number of nitrogens with zero attached hydrogens (tertiary/aromatic N) is 7. The number of anilines is 1. The molecular weight excluding hydrogens is 495 g/mol. The fourth-order valence-corrected chi connectivity index (χ4v) is 5.12. The van der Waals surface area contributed by atoms with E-state index in [4.69, 9.17) is 5.10 Å². The van der Waals surface area contributed by atoms with Gasteiger partial charge in [0, 0.05) is 74.3 Å². The summed E-state index contributed by atoms with van der Waals surface area (Å²) in [5.41, 5.74) is 1.74. The molecule has 5 aromatic rings. The van der Waals surface area contributed by atoms with Crippen LogP contribution in [-0.4, -0.2) is 61.5 Å². The van der Waals surface area contributed by atoms with Crippen molar-refractivity contribution in [3.8, 4) is 16.9 Å². The number of hydrogen-bond donors (Lipinski definition) is 0. The number of carbonyl (C=O) groups is 1. The van der Waals surface area contributed by atoms with Crippen molar-refractivity contribution < 1.29 is 18.0 Å². The summed E-state index contributed by atoms with van der Waals surface area (Å²) in [7, 11) is 1.63. The molecule has 0 bridgehead atoms. The first-order chi connectivity index (χ1) is 18.2. The maximum atomic E-state index is 15.3. The van der Waals surface area contributed by atoms with Gasteiger partial charge in [0.2, 0.25) is 5.91 Å². The van der Waals surface area contributed by atoms with Gasteiger partial charge in [0.1, 0.15) is 28.7 Å². The second kappa shape index (κ2) is 8.86. The Kier molecular flexibility index (Phi) is 5.59. The number of halogens is 3. The average Bonchev–Trinajstić information content (AvgIpc) is 3.48. The maximum Gasteiger partial charge on any atom is 0.219 e. The van der Waals surface area contributed by atoms with E-state index in [1.807, 2.05) is 12.1 Å². The molecule has 38 heavy (non-hydrogen) atoms. The quantitative estimate of drug-likeness (QED) is 0.354. The first-order valence-electron chi connectivity index (χ1n) is 12.2. The van der Waals surface area contributed by atoms with Crippen LogP contribution in [0.2, 0.25) is 0 Å². The summed E-state index contributed by atoms with van der Waals surface area (Å²) in [5.74, 6) is -1.17. The largest absolute Gasteiger partial charge is 0.353 e. The molecule has 8 nitrogen and oxygen atoms in total. The van der Waals surface area contributed by atoms with E-state index in [1.54, 1.807) is 48.9 Å². The minimum atomic E-state index is -0.783. The lowest BCUT2D eigenvalue weighted by molar-refractivity contribution is -0.129. The number of rotatable bonds is 3. The Morgan fingerprint density at radius 3 is 2.37 bits per heavy atom. The molecule has 0 unspecified atom stereocenters. The van der Waals surface area contributed by atoms with Crippen molar-refractivity contribution in [3.63, 3.8) is 0 Å². The Bertz CT molecular complexity index is 1720. The number of fused-ring (bicyclic) bond motifs is 2. The van der Waals surface area contributed by atoms with Crippen LogP contribution in [-0.2, 0) is 11.8 Å². The topological polar surface area (TPSA) is 72.1 Å². The van der Waals surface area contributed by atoms with E-state index in [1.165, 1.54) is 10.7 Å². The van der Waals surface area contributed by atoms with Gasteiger partial charge < -0.3 is 9.80 Å². The van der Waals surface area contributed by atoms with E-state index in [-0.39, 0.29) is 28.1 Å². The molecule has 2 aromatic carbocycles. The predicted molar refractivity (Wildman–Crippen MR) is 138 cm³/mol. The maximum absolute atomic E-state index is 15.3. The van der Waals surface area contributed by atoms with Gasteiger partial charge in [0.25, 0.3) is 0 Å². The molecule has 11 heteroatoms. The smallest absolute Gasteiger partial charge is 0.219 e. The molecule has 0 atom stereocenters. The zero-order valence-electron chi connectivity index (χ0n) is 21.0. The van der Waals surface area contributed by atoms with Crippen LogP contribution >= 0.6 is 0 Å². The van der Waals surface area contributed by atoms with Crippen LogP contribution in [0, 0.1) is 24.4 Å². The zero-order valence-corrected chi connectivity index (χ0v) is 21.0. The van der Waals surface area contributed by atoms with Gasteiger partial charge in [-0.15, -0.1) is 0 Å². The summed E-state index contributed by atoms with van der Waals surface area (Å²) in [6.07, 6.45) is 3.17. The lowest BCUT2D eigenvalue weighted by Crippen LogP contribution is -2.48. The van der Waals surface area contributed by atoms with Crippen molar-refractivity contribution in [2.24, 2.45) is 7.05 Å². The number of hydrogen-bond acceptors (Lipinski definition) is 5. The van der Waals surface area contributed by atoms with Gasteiger partial charge in [0.15, 0.2) is 5.82 Å². The van der Waals surface area contributed by atoms with E-state index in [0.29, 0.717) is 48.3 Å². The fourth-order valence-electron chi connectivity index (χ4n) is 5.12. The highest BCUT2D eigenvalue weighted by molar-refractivity contribution is 6.04. The van der Waals surface area contributed by atoms with Crippen molar-refractivity contribution in [3.05, 3.63) is 65.7 Å². The number of piperazine rings is 1. The Balaban J connectivity index is 1.47. The molecule has 4 heterocycles. The third kappa shape index (κ3) is 3.77. The van der Waals surface area contributed by atoms with Crippen LogP contribution in [0.4, 0.5) is 19.0 Å². The number of benzene rings is 2. The number of carbonyl (C=O) groups excluding carboxylic acids is 1. The molecule has 1 aliphatic rings. The highest BCUT2D eigenvalue weighted by Gasteiger charge is 2.25. The summed E-state index contributed by atoms with van der Waals surface area (Å²) in [6, 6.07) is 7.34. The molecule has 0 saturated carbocycles. The van der Waals surface area contributed by atoms with Crippen molar-refractivity contribution in [1.29, 1.82) is 0 Å². The lowest BCUT2D eigenvalue weighted by Gasteiger charge is -2.34. The molecule has 6 rings (SSSR count). The van der Waals surface area contributed by atoms with E-state index < -0.39 is 17.5 Å². The van der Waals surface area contributed by atoms with Gasteiger partial charge in [-0.05, 0) is 31.2 Å². The van der Waals surface area contributed by atoms with Crippen molar-refractivity contribution in [2.75, 3.05) is 31.1 Å². The van der Waals surface area contributed by atoms with Crippen LogP contribution in [0.1, 0.15) is 12.5 Å². The highest BCUT2D eigenvalue weighted by Crippen LogP contribution is 2.38. The number of aryl methyl sites for hydroxylation is 2. The van der Waals surface area contributed by atoms with Gasteiger partial charge in [-0.25, -0.2) is 22.8 Å². The van der Waals surface area contributed by atoms with E-state index in [9.17, 15) is 13.6 Å². The fraction of sp³-hybridized carbons (Fsp3) is 0.259. The van der Waals surface area contributed by atoms with E-state index in [2.05, 4.69) is 15.0 Å². The van der Waals surface area contributed by atoms with Crippen LogP contribution in [0.25, 0.3) is 38.8 Å². The van der Waals surface area contributed by atoms with Gasteiger partial charge in [-0.1, -0.05) is 0 Å².